The summed E-state index contributed by atoms with van der Waals surface area (Å²) >= 11 is 0. The molecule has 0 spiro atoms. The summed E-state index contributed by atoms with van der Waals surface area (Å²) < 4.78 is -0.0476. The Hall–Kier alpha value is -0.803. The van der Waals surface area contributed by atoms with Crippen LogP contribution >= 0.6 is 0 Å². The number of carbonyl (C=O) groups is 2. The van der Waals surface area contributed by atoms with E-state index in [0.29, 0.717) is 0 Å². The summed E-state index contributed by atoms with van der Waals surface area (Å²) in [5.41, 5.74) is 0. The molecule has 2 N–H and O–H groups in total. The number of hydrogen-bond acceptors (Lipinski definition) is 4. The second-order valence-electron chi connectivity index (χ2n) is 5.31. The molecule has 0 amide bonds. The fraction of sp³-hybridized carbons (Fsp3) is 0.733. The van der Waals surface area contributed by atoms with Gasteiger partial charge in [0.15, 0.2) is 6.73 Å². The van der Waals surface area contributed by atoms with Crippen LogP contribution in [0, 0.1) is 0 Å². The molecule has 7 heteroatoms. The molecule has 0 aromatic heterocycles. The maximum Gasteiger partial charge on any atom is 1.00 e. The first-order valence-corrected chi connectivity index (χ1v) is 7.51. The Kier molecular flexibility index (Phi) is 14.8. The summed E-state index contributed by atoms with van der Waals surface area (Å²) in [5.74, 6) is -2.16. The van der Waals surface area contributed by atoms with E-state index in [-0.39, 0.29) is 56.0 Å². The average Bonchev–Trinajstić information content (AvgIpc) is 2.45. The van der Waals surface area contributed by atoms with E-state index in [1.807, 2.05) is 6.08 Å². The fourth-order valence-electron chi connectivity index (χ4n) is 2.07. The molecule has 0 aromatic carbocycles. The monoisotopic (exact) mass is 308 g/mol. The Labute approximate surface area is 144 Å². The van der Waals surface area contributed by atoms with Gasteiger partial charge in [0, 0.05) is 12.4 Å². The molecule has 0 aliphatic carbocycles. The zero-order valence-electron chi connectivity index (χ0n) is 13.8. The van der Waals surface area contributed by atoms with Gasteiger partial charge in [0.05, 0.1) is 25.7 Å². The van der Waals surface area contributed by atoms with E-state index in [1.165, 1.54) is 6.42 Å². The number of quaternary nitrogens is 1. The standard InChI is InChI=1S/C15H27NO5.Li/c1-2-3-4-5-6-7-10-16(13-17,11-8-14(18)19)12-9-15(20)21;/h7,10,17H,2-6,8-9,11-13H2,1H3,(H-,18,19,20,21);/q;+1/b10-7+;. The zero-order valence-corrected chi connectivity index (χ0v) is 13.8. The third-order valence-corrected chi connectivity index (χ3v) is 3.46. The number of allylic oxidation sites excluding steroid dienone is 1. The Morgan fingerprint density at radius 1 is 1.14 bits per heavy atom. The number of carboxylic acid groups (broad SMARTS) is 2. The minimum Gasteiger partial charge on any atom is -0.550 e. The summed E-state index contributed by atoms with van der Waals surface area (Å²) in [6.07, 6.45) is 8.67. The van der Waals surface area contributed by atoms with Gasteiger partial charge in [-0.3, -0.25) is 9.28 Å². The van der Waals surface area contributed by atoms with E-state index >= 15 is 0 Å². The second kappa shape index (κ2) is 13.8. The van der Waals surface area contributed by atoms with Gasteiger partial charge in [-0.15, -0.1) is 0 Å². The molecule has 0 rings (SSSR count). The second-order valence-corrected chi connectivity index (χ2v) is 5.31. The molecule has 0 fully saturated rings. The molecule has 0 aliphatic heterocycles. The molecule has 1 unspecified atom stereocenters. The molecule has 1 atom stereocenters. The number of unbranched alkanes of at least 4 members (excludes halogenated alkanes) is 4. The van der Waals surface area contributed by atoms with E-state index in [0.717, 1.165) is 25.7 Å². The largest absolute Gasteiger partial charge is 1.00 e. The van der Waals surface area contributed by atoms with Crippen LogP contribution in [0.5, 0.6) is 0 Å². The molecular weight excluding hydrogens is 281 g/mol. The van der Waals surface area contributed by atoms with Crippen LogP contribution in [0.25, 0.3) is 0 Å². The van der Waals surface area contributed by atoms with E-state index in [1.54, 1.807) is 6.20 Å². The predicted octanol–water partition coefficient (Wildman–Crippen LogP) is -2.14. The van der Waals surface area contributed by atoms with Crippen LogP contribution in [0.1, 0.15) is 51.9 Å². The van der Waals surface area contributed by atoms with E-state index in [4.69, 9.17) is 5.11 Å². The summed E-state index contributed by atoms with van der Waals surface area (Å²) in [6.45, 7) is 2.13. The molecule has 6 nitrogen and oxygen atoms in total. The van der Waals surface area contributed by atoms with Crippen molar-refractivity contribution in [1.29, 1.82) is 0 Å². The average molecular weight is 308 g/mol. The van der Waals surface area contributed by atoms with Crippen molar-refractivity contribution in [2.45, 2.75) is 51.9 Å². The van der Waals surface area contributed by atoms with Crippen LogP contribution in [0.2, 0.25) is 0 Å². The predicted molar refractivity (Wildman–Crippen MR) is 76.9 cm³/mol. The molecule has 0 radical (unpaired) electrons. The number of aliphatic hydroxyl groups excluding tert-OH is 1. The van der Waals surface area contributed by atoms with Crippen LogP contribution in [0.15, 0.2) is 12.3 Å². The van der Waals surface area contributed by atoms with Crippen molar-refractivity contribution in [2.24, 2.45) is 0 Å². The Balaban J connectivity index is 0. The number of carbonyl (C=O) groups excluding carboxylic acids is 1. The van der Waals surface area contributed by atoms with Crippen molar-refractivity contribution in [2.75, 3.05) is 19.8 Å². The maximum atomic E-state index is 10.7. The minimum absolute atomic E-state index is 0. The Morgan fingerprint density at radius 3 is 2.27 bits per heavy atom. The first-order valence-electron chi connectivity index (χ1n) is 7.51. The van der Waals surface area contributed by atoms with Gasteiger partial charge in [-0.25, -0.2) is 0 Å². The Morgan fingerprint density at radius 2 is 1.77 bits per heavy atom. The minimum atomic E-state index is -1.20. The molecule has 0 heterocycles. The van der Waals surface area contributed by atoms with Crippen LogP contribution in [-0.2, 0) is 9.59 Å². The van der Waals surface area contributed by atoms with Crippen molar-refractivity contribution in [3.63, 3.8) is 0 Å². The van der Waals surface area contributed by atoms with Crippen molar-refractivity contribution in [1.82, 2.24) is 0 Å². The van der Waals surface area contributed by atoms with Gasteiger partial charge in [-0.2, -0.15) is 0 Å². The van der Waals surface area contributed by atoms with Gasteiger partial charge in [-0.05, 0) is 18.9 Å². The summed E-state index contributed by atoms with van der Waals surface area (Å²) in [7, 11) is 0. The van der Waals surface area contributed by atoms with Crippen LogP contribution < -0.4 is 24.0 Å². The first-order chi connectivity index (χ1) is 9.95. The molecule has 0 bridgehead atoms. The normalized spacial score (nSPS) is 13.5. The molecule has 0 aromatic rings. The number of carboxylic acids is 2. The maximum absolute atomic E-state index is 10.7. The third kappa shape index (κ3) is 11.8. The van der Waals surface area contributed by atoms with Crippen molar-refractivity contribution in [3.05, 3.63) is 12.3 Å². The number of aliphatic carboxylic acids is 2. The van der Waals surface area contributed by atoms with E-state index in [9.17, 15) is 19.8 Å². The summed E-state index contributed by atoms with van der Waals surface area (Å²) in [6, 6.07) is 0. The molecular formula is C15H27LiNO5+. The topological polar surface area (TPSA) is 97.7 Å². The van der Waals surface area contributed by atoms with Crippen molar-refractivity contribution >= 4 is 11.9 Å². The van der Waals surface area contributed by atoms with Crippen molar-refractivity contribution < 1.29 is 48.3 Å². The number of rotatable bonds is 13. The molecule has 22 heavy (non-hydrogen) atoms. The quantitative estimate of drug-likeness (QED) is 0.175. The van der Waals surface area contributed by atoms with Gasteiger partial charge in [0.1, 0.15) is 0 Å². The van der Waals surface area contributed by atoms with Gasteiger partial charge >= 0.3 is 24.8 Å². The number of aliphatic hydroxyl groups is 1. The SMILES string of the molecule is CCCCCC/C=C/[N+](CO)(CCC(=O)[O-])CCC(=O)O.[Li+]. The van der Waals surface area contributed by atoms with Gasteiger partial charge < -0.3 is 20.1 Å². The summed E-state index contributed by atoms with van der Waals surface area (Å²) in [4.78, 5) is 21.3. The van der Waals surface area contributed by atoms with Crippen LogP contribution in [0.4, 0.5) is 0 Å². The van der Waals surface area contributed by atoms with E-state index < -0.39 is 11.9 Å². The van der Waals surface area contributed by atoms with Gasteiger partial charge in [0.2, 0.25) is 0 Å². The molecule has 0 saturated heterocycles. The van der Waals surface area contributed by atoms with Gasteiger partial charge in [0.25, 0.3) is 0 Å². The molecule has 0 saturated carbocycles. The Bertz CT molecular complexity index is 329. The van der Waals surface area contributed by atoms with Crippen LogP contribution in [0.3, 0.4) is 0 Å². The first kappa shape index (κ1) is 23.5. The zero-order chi connectivity index (χ0) is 16.1. The molecule has 122 valence electrons. The number of hydrogen-bond donors (Lipinski definition) is 2. The van der Waals surface area contributed by atoms with Gasteiger partial charge in [-0.1, -0.05) is 26.2 Å². The summed E-state index contributed by atoms with van der Waals surface area (Å²) in [5, 5.41) is 28.9. The fourth-order valence-corrected chi connectivity index (χ4v) is 2.07. The van der Waals surface area contributed by atoms with E-state index in [2.05, 4.69) is 6.92 Å². The van der Waals surface area contributed by atoms with Crippen molar-refractivity contribution in [3.8, 4) is 0 Å². The third-order valence-electron chi connectivity index (χ3n) is 3.46. The molecule has 0 aliphatic rings. The smallest absolute Gasteiger partial charge is 0.550 e. The number of nitrogens with zero attached hydrogens (tertiary/aromatic N) is 1. The van der Waals surface area contributed by atoms with Crippen LogP contribution in [-0.4, -0.2) is 46.5 Å².